The number of nitrogens with zero attached hydrogens (tertiary/aromatic N) is 1. The van der Waals surface area contributed by atoms with Gasteiger partial charge in [0.2, 0.25) is 0 Å². The molecule has 6 heteroatoms. The number of methoxy groups -OCH3 is 1. The Balaban J connectivity index is 2.06. The van der Waals surface area contributed by atoms with Gasteiger partial charge in [-0.25, -0.2) is 4.99 Å². The van der Waals surface area contributed by atoms with Gasteiger partial charge in [0.25, 0.3) is 0 Å². The second-order valence-corrected chi connectivity index (χ2v) is 5.97. The average molecular weight is 340 g/mol. The third-order valence-corrected chi connectivity index (χ3v) is 3.88. The molecule has 23 heavy (non-hydrogen) atoms. The van der Waals surface area contributed by atoms with Crippen molar-refractivity contribution in [2.75, 3.05) is 26.8 Å². The van der Waals surface area contributed by atoms with Crippen molar-refractivity contribution in [1.82, 2.24) is 10.6 Å². The summed E-state index contributed by atoms with van der Waals surface area (Å²) in [5, 5.41) is 7.19. The van der Waals surface area contributed by atoms with Gasteiger partial charge >= 0.3 is 0 Å². The molecule has 0 aromatic heterocycles. The van der Waals surface area contributed by atoms with Crippen LogP contribution in [0, 0.1) is 5.92 Å². The quantitative estimate of drug-likeness (QED) is 0.564. The van der Waals surface area contributed by atoms with Gasteiger partial charge in [-0.15, -0.1) is 0 Å². The van der Waals surface area contributed by atoms with E-state index in [-0.39, 0.29) is 0 Å². The summed E-state index contributed by atoms with van der Waals surface area (Å²) in [6.07, 6.45) is 2.64. The lowest BCUT2D eigenvalue weighted by atomic mass is 10.2. The highest BCUT2D eigenvalue weighted by molar-refractivity contribution is 6.32. The predicted molar refractivity (Wildman–Crippen MR) is 94.7 cm³/mol. The molecule has 5 nitrogen and oxygen atoms in total. The number of guanidine groups is 1. The first-order valence-corrected chi connectivity index (χ1v) is 8.57. The first-order chi connectivity index (χ1) is 11.2. The number of aliphatic imine (C=N–C) groups is 1. The Hall–Kier alpha value is -1.62. The molecule has 128 valence electrons. The number of benzene rings is 1. The third kappa shape index (κ3) is 5.50. The van der Waals surface area contributed by atoms with Crippen LogP contribution in [-0.2, 0) is 6.54 Å². The van der Waals surface area contributed by atoms with E-state index in [9.17, 15) is 0 Å². The Morgan fingerprint density at radius 2 is 2.09 bits per heavy atom. The zero-order chi connectivity index (χ0) is 16.7. The highest BCUT2D eigenvalue weighted by Gasteiger charge is 2.21. The molecule has 1 aromatic rings. The molecule has 0 unspecified atom stereocenters. The zero-order valence-corrected chi connectivity index (χ0v) is 14.9. The monoisotopic (exact) mass is 339 g/mol. The Labute approximate surface area is 143 Å². The summed E-state index contributed by atoms with van der Waals surface area (Å²) in [6.45, 7) is 6.88. The maximum atomic E-state index is 6.29. The summed E-state index contributed by atoms with van der Waals surface area (Å²) in [4.78, 5) is 4.62. The largest absolute Gasteiger partial charge is 0.493 e. The predicted octanol–water partition coefficient (Wildman–Crippen LogP) is 3.21. The Morgan fingerprint density at radius 3 is 2.70 bits per heavy atom. The van der Waals surface area contributed by atoms with Crippen LogP contribution in [0.1, 0.15) is 32.3 Å². The molecule has 1 aliphatic carbocycles. The molecule has 2 N–H and O–H groups in total. The van der Waals surface area contributed by atoms with E-state index in [0.717, 1.165) is 30.5 Å². The fraction of sp³-hybridized carbons (Fsp3) is 0.588. The van der Waals surface area contributed by atoms with Crippen molar-refractivity contribution >= 4 is 17.6 Å². The number of hydrogen-bond acceptors (Lipinski definition) is 3. The van der Waals surface area contributed by atoms with Crippen LogP contribution < -0.4 is 20.1 Å². The van der Waals surface area contributed by atoms with E-state index in [2.05, 4.69) is 22.5 Å². The maximum absolute atomic E-state index is 6.29. The van der Waals surface area contributed by atoms with Crippen LogP contribution in [0.2, 0.25) is 5.02 Å². The zero-order valence-electron chi connectivity index (χ0n) is 14.1. The van der Waals surface area contributed by atoms with Gasteiger partial charge in [0.15, 0.2) is 17.5 Å². The van der Waals surface area contributed by atoms with E-state index < -0.39 is 0 Å². The van der Waals surface area contributed by atoms with Crippen molar-refractivity contribution in [1.29, 1.82) is 0 Å². The van der Waals surface area contributed by atoms with Crippen LogP contribution in [0.3, 0.4) is 0 Å². The second-order valence-electron chi connectivity index (χ2n) is 5.56. The lowest BCUT2D eigenvalue weighted by molar-refractivity contribution is 0.311. The van der Waals surface area contributed by atoms with Crippen LogP contribution in [0.25, 0.3) is 0 Å². The summed E-state index contributed by atoms with van der Waals surface area (Å²) in [5.41, 5.74) is 0.985. The number of rotatable bonds is 8. The molecule has 1 saturated carbocycles. The summed E-state index contributed by atoms with van der Waals surface area (Å²) in [5.74, 6) is 2.87. The molecular weight excluding hydrogens is 314 g/mol. The van der Waals surface area contributed by atoms with Crippen LogP contribution in [0.15, 0.2) is 17.1 Å². The van der Waals surface area contributed by atoms with Crippen LogP contribution in [0.5, 0.6) is 11.5 Å². The lowest BCUT2D eigenvalue weighted by Gasteiger charge is -2.13. The molecule has 1 aliphatic rings. The number of ether oxygens (including phenoxy) is 2. The van der Waals surface area contributed by atoms with Crippen LogP contribution in [0.4, 0.5) is 0 Å². The van der Waals surface area contributed by atoms with Crippen molar-refractivity contribution in [2.24, 2.45) is 10.9 Å². The lowest BCUT2D eigenvalue weighted by Crippen LogP contribution is -2.38. The molecule has 0 atom stereocenters. The second kappa shape index (κ2) is 8.87. The van der Waals surface area contributed by atoms with Crippen molar-refractivity contribution in [2.45, 2.75) is 33.2 Å². The molecule has 1 aromatic carbocycles. The minimum absolute atomic E-state index is 0.530. The molecule has 0 radical (unpaired) electrons. The van der Waals surface area contributed by atoms with E-state index in [4.69, 9.17) is 21.1 Å². The Kier molecular flexibility index (Phi) is 6.84. The molecular formula is C17H26ClN3O2. The Morgan fingerprint density at radius 1 is 1.30 bits per heavy atom. The fourth-order valence-corrected chi connectivity index (χ4v) is 2.51. The van der Waals surface area contributed by atoms with E-state index in [0.29, 0.717) is 29.7 Å². The summed E-state index contributed by atoms with van der Waals surface area (Å²) < 4.78 is 10.9. The number of hydrogen-bond donors (Lipinski definition) is 2. The highest BCUT2D eigenvalue weighted by Crippen LogP contribution is 2.36. The third-order valence-electron chi connectivity index (χ3n) is 3.60. The van der Waals surface area contributed by atoms with E-state index in [1.807, 2.05) is 19.1 Å². The highest BCUT2D eigenvalue weighted by atomic mass is 35.5. The van der Waals surface area contributed by atoms with Crippen molar-refractivity contribution < 1.29 is 9.47 Å². The van der Waals surface area contributed by atoms with Crippen molar-refractivity contribution in [3.8, 4) is 11.5 Å². The van der Waals surface area contributed by atoms with E-state index >= 15 is 0 Å². The van der Waals surface area contributed by atoms with Gasteiger partial charge in [-0.1, -0.05) is 11.6 Å². The van der Waals surface area contributed by atoms with Gasteiger partial charge in [0.05, 0.1) is 25.3 Å². The van der Waals surface area contributed by atoms with E-state index in [1.165, 1.54) is 12.8 Å². The van der Waals surface area contributed by atoms with Crippen molar-refractivity contribution in [3.05, 3.63) is 22.7 Å². The Bertz CT molecular complexity index is 545. The molecule has 0 amide bonds. The van der Waals surface area contributed by atoms with Gasteiger partial charge in [-0.05, 0) is 50.3 Å². The van der Waals surface area contributed by atoms with Gasteiger partial charge in [0.1, 0.15) is 0 Å². The molecule has 2 rings (SSSR count). The minimum atomic E-state index is 0.530. The van der Waals surface area contributed by atoms with Gasteiger partial charge in [-0.2, -0.15) is 0 Å². The molecule has 0 spiro atoms. The molecule has 0 aliphatic heterocycles. The molecule has 0 saturated heterocycles. The normalized spacial score (nSPS) is 14.5. The number of nitrogens with one attached hydrogen (secondary N) is 2. The van der Waals surface area contributed by atoms with Gasteiger partial charge < -0.3 is 20.1 Å². The van der Waals surface area contributed by atoms with Gasteiger partial charge in [-0.3, -0.25) is 0 Å². The first-order valence-electron chi connectivity index (χ1n) is 8.19. The maximum Gasteiger partial charge on any atom is 0.191 e. The molecule has 0 bridgehead atoms. The summed E-state index contributed by atoms with van der Waals surface area (Å²) >= 11 is 6.29. The summed E-state index contributed by atoms with van der Waals surface area (Å²) in [7, 11) is 1.61. The fourth-order valence-electron chi connectivity index (χ4n) is 2.22. The molecule has 1 fully saturated rings. The van der Waals surface area contributed by atoms with Crippen LogP contribution >= 0.6 is 11.6 Å². The van der Waals surface area contributed by atoms with Crippen molar-refractivity contribution in [3.63, 3.8) is 0 Å². The topological polar surface area (TPSA) is 54.9 Å². The average Bonchev–Trinajstić information content (AvgIpc) is 3.36. The smallest absolute Gasteiger partial charge is 0.191 e. The summed E-state index contributed by atoms with van der Waals surface area (Å²) in [6, 6.07) is 3.80. The van der Waals surface area contributed by atoms with E-state index in [1.54, 1.807) is 7.11 Å². The number of halogens is 1. The minimum Gasteiger partial charge on any atom is -0.493 e. The SMILES string of the molecule is CCNC(=NCc1cc(Cl)c(OCC)c(OC)c1)NCC1CC1. The van der Waals surface area contributed by atoms with Crippen LogP contribution in [-0.4, -0.2) is 32.8 Å². The standard InChI is InChI=1S/C17H26ClN3O2/c1-4-19-17(20-10-12-6-7-12)21-11-13-8-14(18)16(23-5-2)15(9-13)22-3/h8-9,12H,4-7,10-11H2,1-3H3,(H2,19,20,21). The van der Waals surface area contributed by atoms with Gasteiger partial charge in [0, 0.05) is 13.1 Å². The molecule has 0 heterocycles. The first kappa shape index (κ1) is 17.7.